The molecule has 0 N–H and O–H groups in total. The minimum absolute atomic E-state index is 0.248. The van der Waals surface area contributed by atoms with Crippen molar-refractivity contribution in [3.8, 4) is 0 Å². The molecule has 3 nitrogen and oxygen atoms in total. The van der Waals surface area contributed by atoms with Crippen molar-refractivity contribution in [2.24, 2.45) is 0 Å². The second kappa shape index (κ2) is 4.16. The van der Waals surface area contributed by atoms with Crippen LogP contribution in [0.3, 0.4) is 0 Å². The smallest absolute Gasteiger partial charge is 0.227 e. The summed E-state index contributed by atoms with van der Waals surface area (Å²) in [6.45, 7) is 5.21. The lowest BCUT2D eigenvalue weighted by molar-refractivity contribution is -0.117. The Morgan fingerprint density at radius 3 is 2.72 bits per heavy atom. The van der Waals surface area contributed by atoms with Gasteiger partial charge in [0.1, 0.15) is 0 Å². The zero-order valence-corrected chi connectivity index (χ0v) is 10.9. The number of amides is 1. The van der Waals surface area contributed by atoms with Gasteiger partial charge in [-0.05, 0) is 44.5 Å². The van der Waals surface area contributed by atoms with Gasteiger partial charge in [0.05, 0.1) is 0 Å². The van der Waals surface area contributed by atoms with Crippen molar-refractivity contribution in [3.63, 3.8) is 0 Å². The summed E-state index contributed by atoms with van der Waals surface area (Å²) in [7, 11) is 0. The van der Waals surface area contributed by atoms with E-state index in [2.05, 4.69) is 48.9 Å². The number of nitrogens with zero attached hydrogens (tertiary/aromatic N) is 2. The first-order chi connectivity index (χ1) is 8.66. The summed E-state index contributed by atoms with van der Waals surface area (Å²) in [5.74, 6) is 0.248. The summed E-state index contributed by atoms with van der Waals surface area (Å²) in [5.41, 5.74) is 2.27. The molecule has 1 saturated heterocycles. The number of fused-ring (bicyclic) bond motifs is 1. The lowest BCUT2D eigenvalue weighted by Crippen LogP contribution is -2.23. The molecule has 0 aliphatic carbocycles. The number of aromatic nitrogens is 1. The molecule has 1 aliphatic heterocycles. The third-order valence-corrected chi connectivity index (χ3v) is 3.65. The first-order valence-corrected chi connectivity index (χ1v) is 6.58. The predicted molar refractivity (Wildman–Crippen MR) is 73.9 cm³/mol. The van der Waals surface area contributed by atoms with Crippen LogP contribution in [0.2, 0.25) is 0 Å². The Morgan fingerprint density at radius 2 is 2.06 bits per heavy atom. The van der Waals surface area contributed by atoms with Gasteiger partial charge in [-0.2, -0.15) is 0 Å². The van der Waals surface area contributed by atoms with E-state index in [1.807, 2.05) is 4.90 Å². The summed E-state index contributed by atoms with van der Waals surface area (Å²) in [4.78, 5) is 13.6. The fourth-order valence-electron chi connectivity index (χ4n) is 2.69. The Bertz CT molecular complexity index is 598. The van der Waals surface area contributed by atoms with E-state index < -0.39 is 0 Å². The van der Waals surface area contributed by atoms with E-state index in [4.69, 9.17) is 0 Å². The zero-order chi connectivity index (χ0) is 12.7. The van der Waals surface area contributed by atoms with Crippen LogP contribution < -0.4 is 4.90 Å². The van der Waals surface area contributed by atoms with Crippen LogP contribution in [0.4, 0.5) is 5.69 Å². The number of hydrogen-bond acceptors (Lipinski definition) is 1. The van der Waals surface area contributed by atoms with E-state index in [9.17, 15) is 4.79 Å². The van der Waals surface area contributed by atoms with Crippen molar-refractivity contribution in [1.82, 2.24) is 4.57 Å². The predicted octanol–water partition coefficient (Wildman–Crippen LogP) is 3.35. The van der Waals surface area contributed by atoms with Gasteiger partial charge in [-0.3, -0.25) is 4.79 Å². The van der Waals surface area contributed by atoms with Gasteiger partial charge < -0.3 is 9.47 Å². The molecule has 2 heterocycles. The van der Waals surface area contributed by atoms with Gasteiger partial charge in [0, 0.05) is 41.8 Å². The molecule has 0 spiro atoms. The Hall–Kier alpha value is -1.77. The molecule has 0 radical (unpaired) electrons. The summed E-state index contributed by atoms with van der Waals surface area (Å²) in [6, 6.07) is 8.89. The van der Waals surface area contributed by atoms with E-state index >= 15 is 0 Å². The molecule has 1 fully saturated rings. The van der Waals surface area contributed by atoms with Gasteiger partial charge in [-0.15, -0.1) is 0 Å². The van der Waals surface area contributed by atoms with Crippen LogP contribution in [0.5, 0.6) is 0 Å². The van der Waals surface area contributed by atoms with Crippen molar-refractivity contribution < 1.29 is 4.79 Å². The second-order valence-corrected chi connectivity index (χ2v) is 5.21. The van der Waals surface area contributed by atoms with Crippen molar-refractivity contribution in [2.45, 2.75) is 32.7 Å². The molecule has 18 heavy (non-hydrogen) atoms. The highest BCUT2D eigenvalue weighted by Gasteiger charge is 2.21. The molecule has 1 aliphatic rings. The van der Waals surface area contributed by atoms with Gasteiger partial charge >= 0.3 is 0 Å². The minimum Gasteiger partial charge on any atom is -0.345 e. The molecule has 3 heteroatoms. The first-order valence-electron chi connectivity index (χ1n) is 6.58. The Morgan fingerprint density at radius 1 is 1.22 bits per heavy atom. The fraction of sp³-hybridized carbons (Fsp3) is 0.400. The Balaban J connectivity index is 2.04. The van der Waals surface area contributed by atoms with Crippen molar-refractivity contribution in [3.05, 3.63) is 30.5 Å². The quantitative estimate of drug-likeness (QED) is 0.792. The zero-order valence-electron chi connectivity index (χ0n) is 10.9. The summed E-state index contributed by atoms with van der Waals surface area (Å²) in [5, 5.41) is 1.21. The number of anilines is 1. The van der Waals surface area contributed by atoms with Gasteiger partial charge in [-0.1, -0.05) is 0 Å². The standard InChI is InChI=1S/C15H18N2O/c1-11(2)16-9-7-12-10-13(5-6-14(12)16)17-8-3-4-15(17)18/h5-7,9-11H,3-4,8H2,1-2H3. The van der Waals surface area contributed by atoms with Crippen molar-refractivity contribution in [1.29, 1.82) is 0 Å². The Kier molecular flexibility index (Phi) is 2.62. The summed E-state index contributed by atoms with van der Waals surface area (Å²) >= 11 is 0. The van der Waals surface area contributed by atoms with E-state index in [0.717, 1.165) is 18.7 Å². The third-order valence-electron chi connectivity index (χ3n) is 3.65. The number of rotatable bonds is 2. The molecule has 1 aromatic carbocycles. The molecule has 0 atom stereocenters. The van der Waals surface area contributed by atoms with Crippen LogP contribution in [0, 0.1) is 0 Å². The Labute approximate surface area is 107 Å². The molecule has 0 bridgehead atoms. The highest BCUT2D eigenvalue weighted by molar-refractivity contribution is 5.97. The van der Waals surface area contributed by atoms with Gasteiger partial charge in [-0.25, -0.2) is 0 Å². The van der Waals surface area contributed by atoms with Gasteiger partial charge in [0.2, 0.25) is 5.91 Å². The summed E-state index contributed by atoms with van der Waals surface area (Å²) in [6.07, 6.45) is 3.78. The molecule has 0 saturated carbocycles. The largest absolute Gasteiger partial charge is 0.345 e. The van der Waals surface area contributed by atoms with Crippen LogP contribution >= 0.6 is 0 Å². The van der Waals surface area contributed by atoms with Crippen LogP contribution in [-0.4, -0.2) is 17.0 Å². The number of carbonyl (C=O) groups is 1. The summed E-state index contributed by atoms with van der Waals surface area (Å²) < 4.78 is 2.25. The van der Waals surface area contributed by atoms with Gasteiger partial charge in [0.15, 0.2) is 0 Å². The molecule has 1 amide bonds. The third kappa shape index (κ3) is 1.70. The first kappa shape index (κ1) is 11.3. The van der Waals surface area contributed by atoms with E-state index in [-0.39, 0.29) is 5.91 Å². The normalized spacial score (nSPS) is 16.2. The number of benzene rings is 1. The average Bonchev–Trinajstić information content (AvgIpc) is 2.93. The molecular formula is C15H18N2O. The SMILES string of the molecule is CC(C)n1ccc2cc(N3CCCC3=O)ccc21. The van der Waals surface area contributed by atoms with E-state index in [1.54, 1.807) is 0 Å². The number of carbonyl (C=O) groups excluding carboxylic acids is 1. The average molecular weight is 242 g/mol. The maximum atomic E-state index is 11.7. The highest BCUT2D eigenvalue weighted by atomic mass is 16.2. The molecule has 94 valence electrons. The number of hydrogen-bond donors (Lipinski definition) is 0. The van der Waals surface area contributed by atoms with Crippen molar-refractivity contribution in [2.75, 3.05) is 11.4 Å². The fourth-order valence-corrected chi connectivity index (χ4v) is 2.69. The van der Waals surface area contributed by atoms with E-state index in [0.29, 0.717) is 12.5 Å². The molecular weight excluding hydrogens is 224 g/mol. The van der Waals surface area contributed by atoms with Crippen LogP contribution in [0.1, 0.15) is 32.7 Å². The molecule has 3 rings (SSSR count). The van der Waals surface area contributed by atoms with Crippen molar-refractivity contribution >= 4 is 22.5 Å². The lowest BCUT2D eigenvalue weighted by atomic mass is 10.2. The lowest BCUT2D eigenvalue weighted by Gasteiger charge is -2.16. The maximum Gasteiger partial charge on any atom is 0.227 e. The topological polar surface area (TPSA) is 25.2 Å². The molecule has 1 aromatic heterocycles. The van der Waals surface area contributed by atoms with Crippen LogP contribution in [0.25, 0.3) is 10.9 Å². The molecule has 2 aromatic rings. The van der Waals surface area contributed by atoms with Gasteiger partial charge in [0.25, 0.3) is 0 Å². The maximum absolute atomic E-state index is 11.7. The van der Waals surface area contributed by atoms with Crippen LogP contribution in [-0.2, 0) is 4.79 Å². The van der Waals surface area contributed by atoms with E-state index in [1.165, 1.54) is 10.9 Å². The monoisotopic (exact) mass is 242 g/mol. The second-order valence-electron chi connectivity index (χ2n) is 5.21. The molecule has 0 unspecified atom stereocenters. The minimum atomic E-state index is 0.248. The highest BCUT2D eigenvalue weighted by Crippen LogP contribution is 2.27. The van der Waals surface area contributed by atoms with Crippen LogP contribution in [0.15, 0.2) is 30.5 Å².